The normalized spacial score (nSPS) is 11.9. The topological polar surface area (TPSA) is 38.0 Å². The molecule has 13 heavy (non-hydrogen) atoms. The predicted octanol–water partition coefficient (Wildman–Crippen LogP) is 1.35. The number of hydrogen-bond acceptors (Lipinski definition) is 2. The molecule has 1 N–H and O–H groups in total. The van der Waals surface area contributed by atoms with Crippen molar-refractivity contribution in [2.75, 3.05) is 0 Å². The van der Waals surface area contributed by atoms with Crippen LogP contribution in [-0.2, 0) is 6.54 Å². The van der Waals surface area contributed by atoms with Crippen molar-refractivity contribution in [3.8, 4) is 11.8 Å². The number of imidazole rings is 1. The number of rotatable bonds is 3. The van der Waals surface area contributed by atoms with Crippen LogP contribution < -0.4 is 0 Å². The number of hydrogen-bond donors (Lipinski definition) is 1. The van der Waals surface area contributed by atoms with Crippen molar-refractivity contribution < 1.29 is 5.11 Å². The van der Waals surface area contributed by atoms with E-state index in [0.717, 1.165) is 0 Å². The first-order chi connectivity index (χ1) is 6.29. The Balaban J connectivity index is 2.80. The number of aliphatic hydroxyl groups is 1. The van der Waals surface area contributed by atoms with Crippen LogP contribution in [0, 0.1) is 11.8 Å². The molecular weight excluding hydrogens is 164 g/mol. The smallest absolute Gasteiger partial charge is 0.138 e. The summed E-state index contributed by atoms with van der Waals surface area (Å²) in [4.78, 5) is 4.09. The fourth-order valence-corrected chi connectivity index (χ4v) is 1.10. The highest BCUT2D eigenvalue weighted by atomic mass is 16.3. The Morgan fingerprint density at radius 2 is 2.46 bits per heavy atom. The van der Waals surface area contributed by atoms with Crippen LogP contribution in [-0.4, -0.2) is 14.7 Å². The maximum Gasteiger partial charge on any atom is 0.138 e. The highest BCUT2D eigenvalue weighted by Gasteiger charge is 2.10. The first-order valence-electron chi connectivity index (χ1n) is 4.38. The molecule has 0 saturated carbocycles. The molecule has 0 aliphatic heterocycles. The van der Waals surface area contributed by atoms with E-state index in [-0.39, 0.29) is 0 Å². The third-order valence-corrected chi connectivity index (χ3v) is 1.86. The summed E-state index contributed by atoms with van der Waals surface area (Å²) >= 11 is 0. The van der Waals surface area contributed by atoms with Crippen LogP contribution in [0.3, 0.4) is 0 Å². The van der Waals surface area contributed by atoms with Crippen LogP contribution in [0.1, 0.15) is 32.2 Å². The lowest BCUT2D eigenvalue weighted by Crippen LogP contribution is -2.07. The molecule has 1 heterocycles. The van der Waals surface area contributed by atoms with E-state index in [0.29, 0.717) is 18.8 Å². The summed E-state index contributed by atoms with van der Waals surface area (Å²) in [5.41, 5.74) is 0. The van der Waals surface area contributed by atoms with E-state index in [9.17, 15) is 5.11 Å². The highest BCUT2D eigenvalue weighted by molar-refractivity contribution is 5.02. The Kier molecular flexibility index (Phi) is 3.53. The fraction of sp³-hybridized carbons (Fsp3) is 0.500. The molecule has 0 amide bonds. The zero-order chi connectivity index (χ0) is 9.68. The van der Waals surface area contributed by atoms with E-state index in [1.807, 2.05) is 17.7 Å². The number of aliphatic hydroxyl groups excluding tert-OH is 1. The standard InChI is InChI=1S/C10H14N2O/c1-3-5-7-12-8-6-11-10(12)9(13)4-2/h6,8-9,13H,4,7H2,1-2H3. The fourth-order valence-electron chi connectivity index (χ4n) is 1.10. The van der Waals surface area contributed by atoms with Crippen LogP contribution in [0.15, 0.2) is 12.4 Å². The monoisotopic (exact) mass is 178 g/mol. The summed E-state index contributed by atoms with van der Waals surface area (Å²) in [6.07, 6.45) is 3.72. The van der Waals surface area contributed by atoms with Crippen molar-refractivity contribution >= 4 is 0 Å². The van der Waals surface area contributed by atoms with Gasteiger partial charge in [0.15, 0.2) is 0 Å². The first kappa shape index (κ1) is 9.82. The van der Waals surface area contributed by atoms with E-state index in [1.165, 1.54) is 0 Å². The van der Waals surface area contributed by atoms with E-state index in [2.05, 4.69) is 16.8 Å². The molecule has 1 unspecified atom stereocenters. The van der Waals surface area contributed by atoms with Crippen molar-refractivity contribution in [3.05, 3.63) is 18.2 Å². The van der Waals surface area contributed by atoms with Crippen LogP contribution in [0.25, 0.3) is 0 Å². The molecule has 1 atom stereocenters. The van der Waals surface area contributed by atoms with Gasteiger partial charge in [0.1, 0.15) is 11.9 Å². The predicted molar refractivity (Wildman–Crippen MR) is 50.9 cm³/mol. The zero-order valence-electron chi connectivity index (χ0n) is 7.99. The Morgan fingerprint density at radius 1 is 1.69 bits per heavy atom. The number of nitrogens with zero attached hydrogens (tertiary/aromatic N) is 2. The molecular formula is C10H14N2O. The lowest BCUT2D eigenvalue weighted by atomic mass is 10.2. The van der Waals surface area contributed by atoms with Crippen molar-refractivity contribution in [2.45, 2.75) is 32.9 Å². The Hall–Kier alpha value is -1.27. The molecule has 0 aliphatic carbocycles. The van der Waals surface area contributed by atoms with E-state index < -0.39 is 6.10 Å². The average molecular weight is 178 g/mol. The molecule has 0 radical (unpaired) electrons. The van der Waals surface area contributed by atoms with Gasteiger partial charge in [0.2, 0.25) is 0 Å². The van der Waals surface area contributed by atoms with Gasteiger partial charge in [-0.3, -0.25) is 0 Å². The van der Waals surface area contributed by atoms with Gasteiger partial charge in [-0.25, -0.2) is 4.98 Å². The van der Waals surface area contributed by atoms with Crippen LogP contribution in [0.4, 0.5) is 0 Å². The van der Waals surface area contributed by atoms with Gasteiger partial charge in [0.05, 0.1) is 6.54 Å². The van der Waals surface area contributed by atoms with Gasteiger partial charge in [0, 0.05) is 12.4 Å². The lowest BCUT2D eigenvalue weighted by molar-refractivity contribution is 0.160. The second-order valence-electron chi connectivity index (χ2n) is 2.76. The molecule has 0 saturated heterocycles. The molecule has 0 fully saturated rings. The molecule has 1 aromatic rings. The molecule has 1 aromatic heterocycles. The molecule has 0 aromatic carbocycles. The molecule has 1 rings (SSSR count). The molecule has 0 spiro atoms. The Labute approximate surface area is 78.4 Å². The van der Waals surface area contributed by atoms with Crippen molar-refractivity contribution in [2.24, 2.45) is 0 Å². The number of aromatic nitrogens is 2. The van der Waals surface area contributed by atoms with Gasteiger partial charge >= 0.3 is 0 Å². The molecule has 3 nitrogen and oxygen atoms in total. The average Bonchev–Trinajstić information content (AvgIpc) is 2.61. The van der Waals surface area contributed by atoms with Gasteiger partial charge in [-0.15, -0.1) is 5.92 Å². The summed E-state index contributed by atoms with van der Waals surface area (Å²) in [5.74, 6) is 6.44. The minimum absolute atomic E-state index is 0.478. The van der Waals surface area contributed by atoms with Gasteiger partial charge in [-0.1, -0.05) is 12.8 Å². The van der Waals surface area contributed by atoms with Gasteiger partial charge in [-0.2, -0.15) is 0 Å². The Morgan fingerprint density at radius 3 is 3.08 bits per heavy atom. The van der Waals surface area contributed by atoms with Crippen LogP contribution in [0.5, 0.6) is 0 Å². The molecule has 70 valence electrons. The molecule has 3 heteroatoms. The third-order valence-electron chi connectivity index (χ3n) is 1.86. The maximum atomic E-state index is 9.57. The van der Waals surface area contributed by atoms with Crippen molar-refractivity contribution in [1.29, 1.82) is 0 Å². The summed E-state index contributed by atoms with van der Waals surface area (Å²) in [6.45, 7) is 4.32. The molecule has 0 bridgehead atoms. The second-order valence-corrected chi connectivity index (χ2v) is 2.76. The van der Waals surface area contributed by atoms with E-state index in [4.69, 9.17) is 0 Å². The summed E-state index contributed by atoms with van der Waals surface area (Å²) in [5, 5.41) is 9.57. The zero-order valence-corrected chi connectivity index (χ0v) is 7.99. The van der Waals surface area contributed by atoms with Gasteiger partial charge in [-0.05, 0) is 13.3 Å². The van der Waals surface area contributed by atoms with Gasteiger partial charge < -0.3 is 9.67 Å². The quantitative estimate of drug-likeness (QED) is 0.709. The highest BCUT2D eigenvalue weighted by Crippen LogP contribution is 2.13. The minimum atomic E-state index is -0.478. The van der Waals surface area contributed by atoms with Crippen molar-refractivity contribution in [3.63, 3.8) is 0 Å². The van der Waals surface area contributed by atoms with E-state index in [1.54, 1.807) is 13.1 Å². The largest absolute Gasteiger partial charge is 0.385 e. The lowest BCUT2D eigenvalue weighted by Gasteiger charge is -2.08. The van der Waals surface area contributed by atoms with Crippen molar-refractivity contribution in [1.82, 2.24) is 9.55 Å². The van der Waals surface area contributed by atoms with E-state index >= 15 is 0 Å². The first-order valence-corrected chi connectivity index (χ1v) is 4.38. The summed E-state index contributed by atoms with van der Waals surface area (Å²) in [6, 6.07) is 0. The Bertz CT molecular complexity index is 319. The second kappa shape index (κ2) is 4.68. The summed E-state index contributed by atoms with van der Waals surface area (Å²) < 4.78 is 1.87. The van der Waals surface area contributed by atoms with Gasteiger partial charge in [0.25, 0.3) is 0 Å². The molecule has 0 aliphatic rings. The van der Waals surface area contributed by atoms with Crippen LogP contribution >= 0.6 is 0 Å². The third kappa shape index (κ3) is 2.33. The SMILES string of the molecule is CC#CCn1ccnc1C(O)CC. The summed E-state index contributed by atoms with van der Waals surface area (Å²) in [7, 11) is 0. The van der Waals surface area contributed by atoms with Crippen LogP contribution in [0.2, 0.25) is 0 Å². The minimum Gasteiger partial charge on any atom is -0.385 e. The maximum absolute atomic E-state index is 9.57.